The number of aromatic carboxylic acids is 1. The highest BCUT2D eigenvalue weighted by molar-refractivity contribution is 5.92. The van der Waals surface area contributed by atoms with E-state index in [2.05, 4.69) is 0 Å². The summed E-state index contributed by atoms with van der Waals surface area (Å²) in [6, 6.07) is 3.78. The second-order valence-corrected chi connectivity index (χ2v) is 3.62. The van der Waals surface area contributed by atoms with Crippen molar-refractivity contribution < 1.29 is 14.3 Å². The summed E-state index contributed by atoms with van der Waals surface area (Å²) < 4.78 is 14.7. The Bertz CT molecular complexity index is 666. The molecule has 0 bridgehead atoms. The Kier molecular flexibility index (Phi) is 4.08. The number of carboxylic acids is 1. The van der Waals surface area contributed by atoms with Crippen LogP contribution in [0.5, 0.6) is 0 Å². The standard InChI is InChI=1S/C12H10FNO3.ClH/c1-2-14-6-9(12(16)17)11(15)8-5-7(13)3-4-10(8)14;/h3-6H,2H2,1H3,(H,16,17);1H. The zero-order valence-electron chi connectivity index (χ0n) is 9.51. The largest absolute Gasteiger partial charge is 0.477 e. The molecule has 96 valence electrons. The lowest BCUT2D eigenvalue weighted by molar-refractivity contribution is 0.0695. The quantitative estimate of drug-likeness (QED) is 0.912. The second kappa shape index (κ2) is 5.18. The first kappa shape index (κ1) is 14.2. The molecule has 2 rings (SSSR count). The Morgan fingerprint density at radius 2 is 2.11 bits per heavy atom. The summed E-state index contributed by atoms with van der Waals surface area (Å²) in [7, 11) is 0. The van der Waals surface area contributed by atoms with E-state index in [1.165, 1.54) is 18.3 Å². The molecule has 0 aliphatic rings. The van der Waals surface area contributed by atoms with E-state index in [1.807, 2.05) is 6.92 Å². The average Bonchev–Trinajstić information content (AvgIpc) is 2.29. The van der Waals surface area contributed by atoms with Gasteiger partial charge in [0.2, 0.25) is 5.43 Å². The van der Waals surface area contributed by atoms with E-state index in [0.717, 1.165) is 6.07 Å². The summed E-state index contributed by atoms with van der Waals surface area (Å²) in [6.45, 7) is 2.32. The van der Waals surface area contributed by atoms with Gasteiger partial charge in [0.15, 0.2) is 0 Å². The molecular formula is C12H11ClFNO3. The predicted molar refractivity (Wildman–Crippen MR) is 68.0 cm³/mol. The van der Waals surface area contributed by atoms with Gasteiger partial charge in [-0.1, -0.05) is 0 Å². The van der Waals surface area contributed by atoms with E-state index in [-0.39, 0.29) is 23.4 Å². The summed E-state index contributed by atoms with van der Waals surface area (Å²) in [5.74, 6) is -1.86. The van der Waals surface area contributed by atoms with Crippen molar-refractivity contribution in [1.82, 2.24) is 4.57 Å². The van der Waals surface area contributed by atoms with Crippen LogP contribution < -0.4 is 5.43 Å². The van der Waals surface area contributed by atoms with Crippen LogP contribution in [0.15, 0.2) is 29.2 Å². The summed E-state index contributed by atoms with van der Waals surface area (Å²) in [6.07, 6.45) is 1.28. The van der Waals surface area contributed by atoms with Crippen LogP contribution in [-0.2, 0) is 6.54 Å². The van der Waals surface area contributed by atoms with Gasteiger partial charge in [0.25, 0.3) is 0 Å². The molecule has 1 N–H and O–H groups in total. The highest BCUT2D eigenvalue weighted by Crippen LogP contribution is 2.13. The third-order valence-electron chi connectivity index (χ3n) is 2.61. The van der Waals surface area contributed by atoms with Crippen molar-refractivity contribution in [2.24, 2.45) is 0 Å². The smallest absolute Gasteiger partial charge is 0.341 e. The van der Waals surface area contributed by atoms with Crippen LogP contribution in [0.25, 0.3) is 10.9 Å². The first-order valence-electron chi connectivity index (χ1n) is 5.10. The van der Waals surface area contributed by atoms with Crippen LogP contribution >= 0.6 is 12.4 Å². The van der Waals surface area contributed by atoms with E-state index in [0.29, 0.717) is 12.1 Å². The van der Waals surface area contributed by atoms with Gasteiger partial charge in [0, 0.05) is 18.1 Å². The number of hydrogen-bond donors (Lipinski definition) is 1. The minimum Gasteiger partial charge on any atom is -0.477 e. The Morgan fingerprint density at radius 3 is 2.67 bits per heavy atom. The number of aromatic nitrogens is 1. The molecular weight excluding hydrogens is 261 g/mol. The van der Waals surface area contributed by atoms with Gasteiger partial charge in [0.05, 0.1) is 5.52 Å². The Labute approximate surface area is 108 Å². The lowest BCUT2D eigenvalue weighted by atomic mass is 10.1. The number of aryl methyl sites for hydroxylation is 1. The molecule has 0 saturated heterocycles. The minimum absolute atomic E-state index is 0. The third-order valence-corrected chi connectivity index (χ3v) is 2.61. The number of fused-ring (bicyclic) bond motifs is 1. The SMILES string of the molecule is CCn1cc(C(=O)O)c(=O)c2cc(F)ccc21.Cl. The van der Waals surface area contributed by atoms with Gasteiger partial charge in [-0.2, -0.15) is 0 Å². The van der Waals surface area contributed by atoms with E-state index in [9.17, 15) is 14.0 Å². The number of pyridine rings is 1. The monoisotopic (exact) mass is 271 g/mol. The van der Waals surface area contributed by atoms with E-state index in [1.54, 1.807) is 4.57 Å². The van der Waals surface area contributed by atoms with Gasteiger partial charge in [0.1, 0.15) is 11.4 Å². The van der Waals surface area contributed by atoms with E-state index >= 15 is 0 Å². The molecule has 0 aliphatic carbocycles. The van der Waals surface area contributed by atoms with Crippen LogP contribution in [0.4, 0.5) is 4.39 Å². The molecule has 0 spiro atoms. The molecule has 1 aromatic carbocycles. The maximum absolute atomic E-state index is 13.1. The van der Waals surface area contributed by atoms with Crippen molar-refractivity contribution >= 4 is 29.3 Å². The lowest BCUT2D eigenvalue weighted by Gasteiger charge is -2.09. The number of benzene rings is 1. The van der Waals surface area contributed by atoms with Crippen LogP contribution in [-0.4, -0.2) is 15.6 Å². The van der Waals surface area contributed by atoms with Gasteiger partial charge in [-0.15, -0.1) is 12.4 Å². The van der Waals surface area contributed by atoms with Gasteiger partial charge in [-0.25, -0.2) is 9.18 Å². The van der Waals surface area contributed by atoms with E-state index < -0.39 is 17.2 Å². The van der Waals surface area contributed by atoms with E-state index in [4.69, 9.17) is 5.11 Å². The average molecular weight is 272 g/mol. The maximum Gasteiger partial charge on any atom is 0.341 e. The van der Waals surface area contributed by atoms with Crippen LogP contribution in [0.2, 0.25) is 0 Å². The zero-order chi connectivity index (χ0) is 12.6. The fourth-order valence-corrected chi connectivity index (χ4v) is 1.78. The molecule has 0 unspecified atom stereocenters. The highest BCUT2D eigenvalue weighted by atomic mass is 35.5. The topological polar surface area (TPSA) is 59.3 Å². The molecule has 2 aromatic rings. The first-order valence-corrected chi connectivity index (χ1v) is 5.10. The number of halogens is 2. The van der Waals surface area contributed by atoms with Gasteiger partial charge in [-0.3, -0.25) is 4.79 Å². The Morgan fingerprint density at radius 1 is 1.44 bits per heavy atom. The molecule has 0 saturated carbocycles. The molecule has 0 amide bonds. The molecule has 0 aliphatic heterocycles. The van der Waals surface area contributed by atoms with Crippen molar-refractivity contribution in [1.29, 1.82) is 0 Å². The molecule has 1 aromatic heterocycles. The highest BCUT2D eigenvalue weighted by Gasteiger charge is 2.14. The molecule has 0 radical (unpaired) electrons. The summed E-state index contributed by atoms with van der Waals surface area (Å²) in [4.78, 5) is 22.7. The van der Waals surface area contributed by atoms with Crippen molar-refractivity contribution in [3.8, 4) is 0 Å². The molecule has 18 heavy (non-hydrogen) atoms. The number of carboxylic acid groups (broad SMARTS) is 1. The molecule has 1 heterocycles. The second-order valence-electron chi connectivity index (χ2n) is 3.62. The van der Waals surface area contributed by atoms with Crippen molar-refractivity contribution in [2.45, 2.75) is 13.5 Å². The fraction of sp³-hybridized carbons (Fsp3) is 0.167. The summed E-state index contributed by atoms with van der Waals surface area (Å²) in [5, 5.41) is 9.00. The van der Waals surface area contributed by atoms with Gasteiger partial charge >= 0.3 is 5.97 Å². The Balaban J connectivity index is 0.00000162. The zero-order valence-corrected chi connectivity index (χ0v) is 10.3. The van der Waals surface area contributed by atoms with Crippen LogP contribution in [0.1, 0.15) is 17.3 Å². The number of hydrogen-bond acceptors (Lipinski definition) is 2. The van der Waals surface area contributed by atoms with Crippen LogP contribution in [0, 0.1) is 5.82 Å². The number of carbonyl (C=O) groups is 1. The van der Waals surface area contributed by atoms with Crippen LogP contribution in [0.3, 0.4) is 0 Å². The molecule has 0 fully saturated rings. The molecule has 6 heteroatoms. The first-order chi connectivity index (χ1) is 8.04. The van der Waals surface area contributed by atoms with Crippen molar-refractivity contribution in [3.05, 3.63) is 46.0 Å². The summed E-state index contributed by atoms with van der Waals surface area (Å²) >= 11 is 0. The minimum atomic E-state index is -1.30. The molecule has 0 atom stereocenters. The Hall–Kier alpha value is -1.88. The number of nitrogens with zero attached hydrogens (tertiary/aromatic N) is 1. The summed E-state index contributed by atoms with van der Waals surface area (Å²) in [5.41, 5.74) is -0.467. The fourth-order valence-electron chi connectivity index (χ4n) is 1.78. The third kappa shape index (κ3) is 2.22. The van der Waals surface area contributed by atoms with Gasteiger partial charge < -0.3 is 9.67 Å². The number of rotatable bonds is 2. The normalized spacial score (nSPS) is 10.1. The maximum atomic E-state index is 13.1. The molecule has 4 nitrogen and oxygen atoms in total. The van der Waals surface area contributed by atoms with Gasteiger partial charge in [-0.05, 0) is 25.1 Å². The van der Waals surface area contributed by atoms with Crippen molar-refractivity contribution in [2.75, 3.05) is 0 Å². The lowest BCUT2D eigenvalue weighted by Crippen LogP contribution is -2.18. The van der Waals surface area contributed by atoms with Crippen molar-refractivity contribution in [3.63, 3.8) is 0 Å². The predicted octanol–water partition coefficient (Wildman–Crippen LogP) is 2.28.